The predicted molar refractivity (Wildman–Crippen MR) is 73.3 cm³/mol. The number of carbonyl (C=O) groups excluding carboxylic acids is 1. The van der Waals surface area contributed by atoms with Crippen molar-refractivity contribution in [2.24, 2.45) is 5.73 Å². The molecule has 2 rings (SSSR count). The average Bonchev–Trinajstić information content (AvgIpc) is 2.72. The molecule has 0 atom stereocenters. The molecule has 0 unspecified atom stereocenters. The number of nitrogens with one attached hydrogen (secondary N) is 1. The molecule has 4 heteroatoms. The number of benzene rings is 1. The third-order valence-corrected chi connectivity index (χ3v) is 3.31. The Labute approximate surface area is 107 Å². The third kappa shape index (κ3) is 1.99. The number of aromatic nitrogens is 1. The topological polar surface area (TPSA) is 60.0 Å². The molecule has 0 saturated carbocycles. The van der Waals surface area contributed by atoms with E-state index in [0.29, 0.717) is 13.1 Å². The van der Waals surface area contributed by atoms with Gasteiger partial charge in [-0.2, -0.15) is 0 Å². The van der Waals surface area contributed by atoms with Crippen molar-refractivity contribution < 1.29 is 4.79 Å². The second-order valence-electron chi connectivity index (χ2n) is 4.26. The molecule has 1 aromatic heterocycles. The summed E-state index contributed by atoms with van der Waals surface area (Å²) in [5.74, 6) is 0.00836. The van der Waals surface area contributed by atoms with Crippen LogP contribution in [-0.2, 0) is 24.3 Å². The normalized spacial score (nSPS) is 10.8. The monoisotopic (exact) mass is 245 g/mol. The number of hydrogen-bond donors (Lipinski definition) is 2. The van der Waals surface area contributed by atoms with Crippen molar-refractivity contribution in [3.05, 3.63) is 35.5 Å². The maximum atomic E-state index is 11.6. The van der Waals surface area contributed by atoms with Gasteiger partial charge >= 0.3 is 0 Å². The largest absolute Gasteiger partial charge is 0.358 e. The van der Waals surface area contributed by atoms with Gasteiger partial charge in [0.15, 0.2) is 0 Å². The zero-order chi connectivity index (χ0) is 13.1. The van der Waals surface area contributed by atoms with Crippen LogP contribution >= 0.6 is 0 Å². The van der Waals surface area contributed by atoms with Crippen molar-refractivity contribution in [3.8, 4) is 0 Å². The average molecular weight is 245 g/mol. The minimum atomic E-state index is 0.00836. The fourth-order valence-corrected chi connectivity index (χ4v) is 2.46. The highest BCUT2D eigenvalue weighted by Crippen LogP contribution is 2.26. The third-order valence-electron chi connectivity index (χ3n) is 3.31. The van der Waals surface area contributed by atoms with Crippen LogP contribution in [0.2, 0.25) is 0 Å². The van der Waals surface area contributed by atoms with Crippen LogP contribution < -0.4 is 11.1 Å². The number of hydrogen-bond acceptors (Lipinski definition) is 2. The molecular weight excluding hydrogens is 226 g/mol. The van der Waals surface area contributed by atoms with Crippen molar-refractivity contribution in [3.63, 3.8) is 0 Å². The lowest BCUT2D eigenvalue weighted by atomic mass is 10.1. The summed E-state index contributed by atoms with van der Waals surface area (Å²) in [7, 11) is 1.66. The summed E-state index contributed by atoms with van der Waals surface area (Å²) in [5.41, 5.74) is 9.24. The molecule has 0 aliphatic carbocycles. The molecule has 1 aromatic carbocycles. The summed E-state index contributed by atoms with van der Waals surface area (Å²) >= 11 is 0. The highest BCUT2D eigenvalue weighted by atomic mass is 16.1. The molecule has 1 heterocycles. The molecule has 0 aliphatic rings. The molecule has 0 fully saturated rings. The van der Waals surface area contributed by atoms with Crippen LogP contribution in [-0.4, -0.2) is 17.5 Å². The number of nitrogens with two attached hydrogens (primary N) is 1. The van der Waals surface area contributed by atoms with Crippen LogP contribution in [0.1, 0.15) is 18.2 Å². The fourth-order valence-electron chi connectivity index (χ4n) is 2.46. The van der Waals surface area contributed by atoms with Gasteiger partial charge in [-0.25, -0.2) is 0 Å². The van der Waals surface area contributed by atoms with Crippen molar-refractivity contribution in [2.75, 3.05) is 7.05 Å². The van der Waals surface area contributed by atoms with Gasteiger partial charge in [-0.1, -0.05) is 25.1 Å². The van der Waals surface area contributed by atoms with Gasteiger partial charge in [0.1, 0.15) is 6.54 Å². The number of fused-ring (bicyclic) bond motifs is 1. The Morgan fingerprint density at radius 3 is 2.72 bits per heavy atom. The second-order valence-corrected chi connectivity index (χ2v) is 4.26. The van der Waals surface area contributed by atoms with Crippen LogP contribution in [0, 0.1) is 0 Å². The molecule has 0 saturated heterocycles. The lowest BCUT2D eigenvalue weighted by Crippen LogP contribution is -2.24. The predicted octanol–water partition coefficient (Wildman–Crippen LogP) is 1.41. The first-order valence-electron chi connectivity index (χ1n) is 6.22. The first-order valence-corrected chi connectivity index (χ1v) is 6.22. The Morgan fingerprint density at radius 1 is 1.39 bits per heavy atom. The van der Waals surface area contributed by atoms with E-state index in [0.717, 1.165) is 28.6 Å². The zero-order valence-electron chi connectivity index (χ0n) is 10.9. The van der Waals surface area contributed by atoms with E-state index >= 15 is 0 Å². The van der Waals surface area contributed by atoms with E-state index in [-0.39, 0.29) is 5.91 Å². The van der Waals surface area contributed by atoms with E-state index in [1.807, 2.05) is 18.2 Å². The lowest BCUT2D eigenvalue weighted by molar-refractivity contribution is -0.121. The molecule has 4 nitrogen and oxygen atoms in total. The summed E-state index contributed by atoms with van der Waals surface area (Å²) < 4.78 is 2.07. The summed E-state index contributed by atoms with van der Waals surface area (Å²) in [4.78, 5) is 11.6. The molecule has 3 N–H and O–H groups in total. The second kappa shape index (κ2) is 5.23. The van der Waals surface area contributed by atoms with E-state index in [9.17, 15) is 4.79 Å². The Hall–Kier alpha value is -1.81. The molecule has 96 valence electrons. The Bertz CT molecular complexity index is 572. The van der Waals surface area contributed by atoms with Crippen molar-refractivity contribution in [1.82, 2.24) is 9.88 Å². The number of carbonyl (C=O) groups is 1. The highest BCUT2D eigenvalue weighted by molar-refractivity contribution is 5.87. The number of rotatable bonds is 4. The molecule has 1 amide bonds. The number of likely N-dealkylation sites (N-methyl/N-ethyl adjacent to an activating group) is 1. The summed E-state index contributed by atoms with van der Waals surface area (Å²) in [6.45, 7) is 2.94. The van der Waals surface area contributed by atoms with Gasteiger partial charge in [-0.3, -0.25) is 4.79 Å². The smallest absolute Gasteiger partial charge is 0.239 e. The van der Waals surface area contributed by atoms with E-state index < -0.39 is 0 Å². The van der Waals surface area contributed by atoms with Crippen LogP contribution in [0.5, 0.6) is 0 Å². The van der Waals surface area contributed by atoms with E-state index in [2.05, 4.69) is 22.9 Å². The van der Waals surface area contributed by atoms with Crippen LogP contribution in [0.3, 0.4) is 0 Å². The van der Waals surface area contributed by atoms with Gasteiger partial charge in [0.25, 0.3) is 0 Å². The van der Waals surface area contributed by atoms with E-state index in [1.54, 1.807) is 7.05 Å². The van der Waals surface area contributed by atoms with Crippen molar-refractivity contribution >= 4 is 16.8 Å². The molecule has 2 aromatic rings. The summed E-state index contributed by atoms with van der Waals surface area (Å²) in [6, 6.07) is 8.10. The maximum Gasteiger partial charge on any atom is 0.239 e. The number of amides is 1. The van der Waals surface area contributed by atoms with Gasteiger partial charge in [0.2, 0.25) is 5.91 Å². The Morgan fingerprint density at radius 2 is 2.11 bits per heavy atom. The summed E-state index contributed by atoms with van der Waals surface area (Å²) in [5, 5.41) is 3.82. The Kier molecular flexibility index (Phi) is 3.67. The van der Waals surface area contributed by atoms with Gasteiger partial charge in [0, 0.05) is 30.2 Å². The lowest BCUT2D eigenvalue weighted by Gasteiger charge is -2.09. The molecule has 18 heavy (non-hydrogen) atoms. The minimum absolute atomic E-state index is 0.00836. The first-order chi connectivity index (χ1) is 8.72. The fraction of sp³-hybridized carbons (Fsp3) is 0.357. The maximum absolute atomic E-state index is 11.6. The van der Waals surface area contributed by atoms with E-state index in [4.69, 9.17) is 5.73 Å². The summed E-state index contributed by atoms with van der Waals surface area (Å²) in [6.07, 6.45) is 0.873. The van der Waals surface area contributed by atoms with Gasteiger partial charge < -0.3 is 15.6 Å². The van der Waals surface area contributed by atoms with Crippen molar-refractivity contribution in [2.45, 2.75) is 26.4 Å². The van der Waals surface area contributed by atoms with E-state index in [1.165, 1.54) is 0 Å². The van der Waals surface area contributed by atoms with Gasteiger partial charge in [-0.05, 0) is 18.1 Å². The molecule has 0 bridgehead atoms. The molecule has 0 radical (unpaired) electrons. The number of nitrogens with zero attached hydrogens (tertiary/aromatic N) is 1. The molecule has 0 spiro atoms. The van der Waals surface area contributed by atoms with Crippen LogP contribution in [0.15, 0.2) is 24.3 Å². The van der Waals surface area contributed by atoms with Gasteiger partial charge in [0.05, 0.1) is 0 Å². The van der Waals surface area contributed by atoms with Crippen molar-refractivity contribution in [1.29, 1.82) is 0 Å². The molecule has 0 aliphatic heterocycles. The zero-order valence-corrected chi connectivity index (χ0v) is 10.9. The van der Waals surface area contributed by atoms with Crippen LogP contribution in [0.25, 0.3) is 10.9 Å². The number of para-hydroxylation sites is 1. The molecular formula is C14H19N3O. The quantitative estimate of drug-likeness (QED) is 0.855. The van der Waals surface area contributed by atoms with Crippen LogP contribution in [0.4, 0.5) is 0 Å². The highest BCUT2D eigenvalue weighted by Gasteiger charge is 2.15. The Balaban J connectivity index is 2.65. The first kappa shape index (κ1) is 12.6. The minimum Gasteiger partial charge on any atom is -0.358 e. The SMILES string of the molecule is CCc1c(CN)c2ccccc2n1CC(=O)NC. The standard InChI is InChI=1S/C14H19N3O/c1-3-12-11(8-15)10-6-4-5-7-13(10)17(12)9-14(18)16-2/h4-7H,3,8-9,15H2,1-2H3,(H,16,18). The van der Waals surface area contributed by atoms with Gasteiger partial charge in [-0.15, -0.1) is 0 Å².